The van der Waals surface area contributed by atoms with Crippen molar-refractivity contribution in [1.82, 2.24) is 5.48 Å². The Morgan fingerprint density at radius 1 is 1.13 bits per heavy atom. The molecule has 23 heavy (non-hydrogen) atoms. The lowest BCUT2D eigenvalue weighted by molar-refractivity contribution is -0.124. The van der Waals surface area contributed by atoms with Crippen molar-refractivity contribution < 1.29 is 19.2 Å². The number of nitrogens with one attached hydrogen (secondary N) is 1. The number of hydroxylamine groups is 1. The minimum absolute atomic E-state index is 0.346. The number of rotatable bonds is 4. The zero-order valence-corrected chi connectivity index (χ0v) is 13.0. The molecule has 2 aromatic carbocycles. The van der Waals surface area contributed by atoms with Crippen molar-refractivity contribution in [3.63, 3.8) is 0 Å². The van der Waals surface area contributed by atoms with Gasteiger partial charge < -0.3 is 9.57 Å². The van der Waals surface area contributed by atoms with Crippen LogP contribution in [0, 0.1) is 0 Å². The van der Waals surface area contributed by atoms with Crippen molar-refractivity contribution in [2.24, 2.45) is 0 Å². The summed E-state index contributed by atoms with van der Waals surface area (Å²) in [6, 6.07) is 13.4. The van der Waals surface area contributed by atoms with Gasteiger partial charge in [-0.3, -0.25) is 4.79 Å². The number of carbonyl (C=O) groups excluding carboxylic acids is 2. The normalized spacial score (nSPS) is 10.3. The molecule has 0 heterocycles. The average Bonchev–Trinajstić information content (AvgIpc) is 2.59. The summed E-state index contributed by atoms with van der Waals surface area (Å²) in [4.78, 5) is 28.0. The van der Waals surface area contributed by atoms with Crippen molar-refractivity contribution in [2.45, 2.75) is 0 Å². The highest BCUT2D eigenvalue weighted by atomic mass is 35.5. The Bertz CT molecular complexity index is 729. The van der Waals surface area contributed by atoms with Gasteiger partial charge in [-0.15, -0.1) is 0 Å². The zero-order valence-electron chi connectivity index (χ0n) is 12.3. The number of amides is 1. The summed E-state index contributed by atoms with van der Waals surface area (Å²) in [5.41, 5.74) is 3.12. The third-order valence-corrected chi connectivity index (χ3v) is 3.17. The van der Waals surface area contributed by atoms with Crippen LogP contribution < -0.4 is 10.2 Å². The van der Waals surface area contributed by atoms with E-state index >= 15 is 0 Å². The molecule has 1 amide bonds. The first-order valence-electron chi connectivity index (χ1n) is 6.68. The summed E-state index contributed by atoms with van der Waals surface area (Å²) >= 11 is 5.92. The van der Waals surface area contributed by atoms with Crippen LogP contribution >= 0.6 is 11.6 Å². The van der Waals surface area contributed by atoms with E-state index in [9.17, 15) is 9.59 Å². The highest BCUT2D eigenvalue weighted by molar-refractivity contribution is 6.32. The molecule has 2 aromatic rings. The van der Waals surface area contributed by atoms with Crippen LogP contribution in [0.3, 0.4) is 0 Å². The molecule has 1 N–H and O–H groups in total. The second kappa shape index (κ2) is 8.00. The molecule has 2 rings (SSSR count). The largest absolute Gasteiger partial charge is 0.495 e. The van der Waals surface area contributed by atoms with Gasteiger partial charge in [-0.2, -0.15) is 5.48 Å². The lowest BCUT2D eigenvalue weighted by Gasteiger charge is -2.04. The van der Waals surface area contributed by atoms with Crippen molar-refractivity contribution >= 4 is 29.6 Å². The summed E-state index contributed by atoms with van der Waals surface area (Å²) in [7, 11) is 1.50. The Labute approximate surface area is 138 Å². The van der Waals surface area contributed by atoms with Crippen molar-refractivity contribution in [3.05, 3.63) is 70.8 Å². The topological polar surface area (TPSA) is 64.6 Å². The smallest absolute Gasteiger partial charge is 0.362 e. The average molecular weight is 332 g/mol. The molecule has 0 bridgehead atoms. The number of ether oxygens (including phenoxy) is 1. The Kier molecular flexibility index (Phi) is 5.77. The van der Waals surface area contributed by atoms with Gasteiger partial charge in [0, 0.05) is 6.08 Å². The predicted molar refractivity (Wildman–Crippen MR) is 87.0 cm³/mol. The molecule has 0 saturated carbocycles. The fourth-order valence-electron chi connectivity index (χ4n) is 1.72. The minimum Gasteiger partial charge on any atom is -0.495 e. The van der Waals surface area contributed by atoms with Gasteiger partial charge in [0.2, 0.25) is 0 Å². The Morgan fingerprint density at radius 2 is 1.87 bits per heavy atom. The molecular weight excluding hydrogens is 318 g/mol. The quantitative estimate of drug-likeness (QED) is 0.690. The summed E-state index contributed by atoms with van der Waals surface area (Å²) in [6.45, 7) is 0. The summed E-state index contributed by atoms with van der Waals surface area (Å²) in [5, 5.41) is 0.478. The number of methoxy groups -OCH3 is 1. The molecule has 0 fully saturated rings. The third-order valence-electron chi connectivity index (χ3n) is 2.86. The van der Waals surface area contributed by atoms with Crippen LogP contribution in [0.1, 0.15) is 15.9 Å². The first kappa shape index (κ1) is 16.6. The van der Waals surface area contributed by atoms with Crippen LogP contribution in [-0.2, 0) is 9.63 Å². The Balaban J connectivity index is 1.91. The highest BCUT2D eigenvalue weighted by Crippen LogP contribution is 2.25. The van der Waals surface area contributed by atoms with E-state index in [1.165, 1.54) is 13.2 Å². The number of hydrogen-bond acceptors (Lipinski definition) is 4. The summed E-state index contributed by atoms with van der Waals surface area (Å²) < 4.78 is 5.08. The fraction of sp³-hybridized carbons (Fsp3) is 0.0588. The van der Waals surface area contributed by atoms with E-state index < -0.39 is 11.9 Å². The maximum Gasteiger partial charge on any atom is 0.362 e. The number of hydrogen-bond donors (Lipinski definition) is 1. The monoisotopic (exact) mass is 331 g/mol. The van der Waals surface area contributed by atoms with Crippen LogP contribution in [0.4, 0.5) is 0 Å². The van der Waals surface area contributed by atoms with E-state index in [-0.39, 0.29) is 0 Å². The molecule has 118 valence electrons. The van der Waals surface area contributed by atoms with Gasteiger partial charge in [0.05, 0.1) is 17.7 Å². The molecule has 6 heteroatoms. The van der Waals surface area contributed by atoms with Gasteiger partial charge in [0.15, 0.2) is 0 Å². The molecule has 5 nitrogen and oxygen atoms in total. The molecule has 0 aromatic heterocycles. The van der Waals surface area contributed by atoms with Crippen molar-refractivity contribution in [1.29, 1.82) is 0 Å². The summed E-state index contributed by atoms with van der Waals surface area (Å²) in [6.07, 6.45) is 2.78. The van der Waals surface area contributed by atoms with Crippen LogP contribution in [-0.4, -0.2) is 19.0 Å². The number of carbonyl (C=O) groups is 2. The predicted octanol–water partition coefficient (Wildman–Crippen LogP) is 3.25. The number of halogens is 1. The lowest BCUT2D eigenvalue weighted by Crippen LogP contribution is -2.25. The molecular formula is C17H14ClNO4. The number of benzene rings is 2. The van der Waals surface area contributed by atoms with Crippen LogP contribution in [0.15, 0.2) is 54.6 Å². The SMILES string of the molecule is COc1cc(C=CC(=O)NOC(=O)c2ccccc2)ccc1Cl. The van der Waals surface area contributed by atoms with E-state index in [0.717, 1.165) is 5.56 Å². The van der Waals surface area contributed by atoms with E-state index in [2.05, 4.69) is 5.48 Å². The molecule has 0 atom stereocenters. The van der Waals surface area contributed by atoms with Gasteiger partial charge in [0.25, 0.3) is 5.91 Å². The van der Waals surface area contributed by atoms with Crippen LogP contribution in [0.5, 0.6) is 5.75 Å². The first-order chi connectivity index (χ1) is 11.1. The zero-order chi connectivity index (χ0) is 16.7. The van der Waals surface area contributed by atoms with Gasteiger partial charge in [0.1, 0.15) is 5.75 Å². The molecule has 0 aliphatic heterocycles. The summed E-state index contributed by atoms with van der Waals surface area (Å²) in [5.74, 6) is -0.701. The second-order valence-corrected chi connectivity index (χ2v) is 4.86. The standard InChI is InChI=1S/C17H14ClNO4/c1-22-15-11-12(7-9-14(15)18)8-10-16(20)19-23-17(21)13-5-3-2-4-6-13/h2-11H,1H3,(H,19,20). The van der Waals surface area contributed by atoms with Gasteiger partial charge in [-0.1, -0.05) is 35.9 Å². The van der Waals surface area contributed by atoms with Gasteiger partial charge >= 0.3 is 5.97 Å². The van der Waals surface area contributed by atoms with Crippen LogP contribution in [0.25, 0.3) is 6.08 Å². The van der Waals surface area contributed by atoms with Gasteiger partial charge in [-0.25, -0.2) is 4.79 Å². The minimum atomic E-state index is -0.638. The van der Waals surface area contributed by atoms with E-state index in [1.807, 2.05) is 0 Å². The fourth-order valence-corrected chi connectivity index (χ4v) is 1.91. The third kappa shape index (κ3) is 4.86. The maximum atomic E-state index is 11.7. The maximum absolute atomic E-state index is 11.7. The molecule has 0 unspecified atom stereocenters. The molecule has 0 aliphatic rings. The van der Waals surface area contributed by atoms with Crippen LogP contribution in [0.2, 0.25) is 5.02 Å². The van der Waals surface area contributed by atoms with E-state index in [1.54, 1.807) is 54.6 Å². The second-order valence-electron chi connectivity index (χ2n) is 4.45. The highest BCUT2D eigenvalue weighted by Gasteiger charge is 2.07. The van der Waals surface area contributed by atoms with E-state index in [0.29, 0.717) is 16.3 Å². The molecule has 0 spiro atoms. The Morgan fingerprint density at radius 3 is 2.57 bits per heavy atom. The lowest BCUT2D eigenvalue weighted by atomic mass is 10.2. The first-order valence-corrected chi connectivity index (χ1v) is 7.06. The molecule has 0 aliphatic carbocycles. The van der Waals surface area contributed by atoms with Crippen molar-refractivity contribution in [3.8, 4) is 5.75 Å². The van der Waals surface area contributed by atoms with E-state index in [4.69, 9.17) is 21.2 Å². The Hall–Kier alpha value is -2.79. The molecule has 0 saturated heterocycles. The van der Waals surface area contributed by atoms with Gasteiger partial charge in [-0.05, 0) is 35.9 Å². The molecule has 0 radical (unpaired) electrons. The van der Waals surface area contributed by atoms with Crippen molar-refractivity contribution in [2.75, 3.05) is 7.11 Å².